The lowest BCUT2D eigenvalue weighted by Gasteiger charge is -2.34. The molecule has 2 aliphatic rings. The Bertz CT molecular complexity index is 1340. The van der Waals surface area contributed by atoms with Crippen LogP contribution in [-0.4, -0.2) is 25.0 Å². The average molecular weight is 510 g/mol. The maximum atomic E-state index is 13.4. The summed E-state index contributed by atoms with van der Waals surface area (Å²) in [6.07, 6.45) is 2.05. The molecular formula is C32H31NO5. The van der Waals surface area contributed by atoms with Crippen LogP contribution >= 0.6 is 0 Å². The molecule has 0 spiro atoms. The Labute approximate surface area is 222 Å². The maximum Gasteiger partial charge on any atom is 0.336 e. The van der Waals surface area contributed by atoms with Crippen molar-refractivity contribution < 1.29 is 23.8 Å². The standard InChI is InChI=1S/C32H31NO5/c1-22-29(32(35)37-20-19-36-25-11-6-3-7-12-25)30(31-27(33-22)13-8-14-28(31)34)24-15-17-26(18-16-24)38-21-23-9-4-2-5-10-23/h2-7,9-12,15-18,30,33H,8,13-14,19-21H2,1H3/t30-/m0/s1. The molecule has 0 radical (unpaired) electrons. The van der Waals surface area contributed by atoms with Crippen molar-refractivity contribution in [3.63, 3.8) is 0 Å². The predicted octanol–water partition coefficient (Wildman–Crippen LogP) is 5.86. The second-order valence-corrected chi connectivity index (χ2v) is 9.41. The number of esters is 1. The molecule has 3 aromatic rings. The van der Waals surface area contributed by atoms with Crippen LogP contribution in [0.1, 0.15) is 43.2 Å². The number of nitrogens with one attached hydrogen (secondary N) is 1. The largest absolute Gasteiger partial charge is 0.490 e. The van der Waals surface area contributed by atoms with Gasteiger partial charge in [-0.2, -0.15) is 0 Å². The summed E-state index contributed by atoms with van der Waals surface area (Å²) < 4.78 is 17.2. The van der Waals surface area contributed by atoms with Crippen LogP contribution in [0.4, 0.5) is 0 Å². The number of ether oxygens (including phenoxy) is 3. The van der Waals surface area contributed by atoms with Crippen LogP contribution in [0, 0.1) is 0 Å². The lowest BCUT2D eigenvalue weighted by atomic mass is 9.75. The Morgan fingerprint density at radius 2 is 1.53 bits per heavy atom. The molecule has 0 aromatic heterocycles. The third-order valence-electron chi connectivity index (χ3n) is 6.79. The van der Waals surface area contributed by atoms with E-state index in [0.717, 1.165) is 35.4 Å². The number of benzene rings is 3. The number of Topliss-reactive ketones (excluding diaryl/α,β-unsaturated/α-hetero) is 1. The van der Waals surface area contributed by atoms with Gasteiger partial charge in [0.2, 0.25) is 0 Å². The van der Waals surface area contributed by atoms with Gasteiger partial charge in [0.1, 0.15) is 31.3 Å². The van der Waals surface area contributed by atoms with Crippen LogP contribution in [0.5, 0.6) is 11.5 Å². The lowest BCUT2D eigenvalue weighted by Crippen LogP contribution is -2.34. The van der Waals surface area contributed by atoms with Crippen LogP contribution in [0.25, 0.3) is 0 Å². The molecule has 38 heavy (non-hydrogen) atoms. The molecule has 3 aromatic carbocycles. The van der Waals surface area contributed by atoms with Gasteiger partial charge in [-0.1, -0.05) is 60.7 Å². The molecule has 0 amide bonds. The number of rotatable bonds is 9. The normalized spacial score (nSPS) is 17.0. The molecule has 194 valence electrons. The van der Waals surface area contributed by atoms with Gasteiger partial charge in [0.25, 0.3) is 0 Å². The fourth-order valence-corrected chi connectivity index (χ4v) is 4.97. The van der Waals surface area contributed by atoms with Gasteiger partial charge in [0.05, 0.1) is 5.57 Å². The number of ketones is 1. The predicted molar refractivity (Wildman–Crippen MR) is 145 cm³/mol. The topological polar surface area (TPSA) is 73.9 Å². The molecular weight excluding hydrogens is 478 g/mol. The van der Waals surface area contributed by atoms with Crippen molar-refractivity contribution in [3.8, 4) is 11.5 Å². The molecule has 1 N–H and O–H groups in total. The minimum atomic E-state index is -0.496. The average Bonchev–Trinajstić information content (AvgIpc) is 2.95. The molecule has 0 bridgehead atoms. The van der Waals surface area contributed by atoms with Crippen LogP contribution in [0.2, 0.25) is 0 Å². The number of carbonyl (C=O) groups excluding carboxylic acids is 2. The fraction of sp³-hybridized carbons (Fsp3) is 0.250. The van der Waals surface area contributed by atoms with E-state index in [-0.39, 0.29) is 19.0 Å². The Morgan fingerprint density at radius 3 is 2.26 bits per heavy atom. The van der Waals surface area contributed by atoms with Crippen LogP contribution in [0.3, 0.4) is 0 Å². The van der Waals surface area contributed by atoms with Crippen molar-refractivity contribution in [1.29, 1.82) is 0 Å². The van der Waals surface area contributed by atoms with Gasteiger partial charge in [-0.05, 0) is 55.2 Å². The molecule has 0 fully saturated rings. The third-order valence-corrected chi connectivity index (χ3v) is 6.79. The van der Waals surface area contributed by atoms with Gasteiger partial charge in [-0.3, -0.25) is 4.79 Å². The molecule has 1 aliphatic carbocycles. The Hall–Kier alpha value is -4.32. The number of hydrogen-bond donors (Lipinski definition) is 1. The van der Waals surface area contributed by atoms with Crippen molar-refractivity contribution in [2.75, 3.05) is 13.2 Å². The quantitative estimate of drug-likeness (QED) is 0.288. The SMILES string of the molecule is CC1=C(C(=O)OCCOc2ccccc2)[C@H](c2ccc(OCc3ccccc3)cc2)C2=C(CCCC2=O)N1. The Balaban J connectivity index is 1.34. The van der Waals surface area contributed by atoms with Gasteiger partial charge in [0.15, 0.2) is 5.78 Å². The number of hydrogen-bond acceptors (Lipinski definition) is 6. The summed E-state index contributed by atoms with van der Waals surface area (Å²) in [5.41, 5.74) is 4.66. The summed E-state index contributed by atoms with van der Waals surface area (Å²) >= 11 is 0. The zero-order chi connectivity index (χ0) is 26.3. The van der Waals surface area contributed by atoms with E-state index < -0.39 is 11.9 Å². The first kappa shape index (κ1) is 25.3. The van der Waals surface area contributed by atoms with E-state index in [1.807, 2.05) is 91.9 Å². The molecule has 1 atom stereocenters. The first-order valence-electron chi connectivity index (χ1n) is 13.0. The minimum Gasteiger partial charge on any atom is -0.490 e. The van der Waals surface area contributed by atoms with Crippen molar-refractivity contribution in [2.24, 2.45) is 0 Å². The molecule has 0 saturated heterocycles. The number of dihydropyridines is 1. The van der Waals surface area contributed by atoms with Crippen molar-refractivity contribution in [1.82, 2.24) is 5.32 Å². The van der Waals surface area contributed by atoms with Crippen LogP contribution in [0.15, 0.2) is 107 Å². The number of para-hydroxylation sites is 1. The smallest absolute Gasteiger partial charge is 0.336 e. The van der Waals surface area contributed by atoms with E-state index in [9.17, 15) is 9.59 Å². The summed E-state index contributed by atoms with van der Waals surface area (Å²) in [6.45, 7) is 2.66. The first-order valence-corrected chi connectivity index (χ1v) is 13.0. The molecule has 0 unspecified atom stereocenters. The number of allylic oxidation sites excluding steroid dienone is 3. The van der Waals surface area contributed by atoms with E-state index in [4.69, 9.17) is 14.2 Å². The summed E-state index contributed by atoms with van der Waals surface area (Å²) in [6, 6.07) is 27.0. The van der Waals surface area contributed by atoms with Crippen molar-refractivity contribution >= 4 is 11.8 Å². The van der Waals surface area contributed by atoms with Gasteiger partial charge in [0, 0.05) is 29.3 Å². The lowest BCUT2D eigenvalue weighted by molar-refractivity contribution is -0.140. The summed E-state index contributed by atoms with van der Waals surface area (Å²) in [7, 11) is 0. The monoisotopic (exact) mass is 509 g/mol. The van der Waals surface area contributed by atoms with Gasteiger partial charge in [-0.15, -0.1) is 0 Å². The van der Waals surface area contributed by atoms with Crippen molar-refractivity contribution in [2.45, 2.75) is 38.7 Å². The first-order chi connectivity index (χ1) is 18.6. The molecule has 1 aliphatic heterocycles. The molecule has 6 nitrogen and oxygen atoms in total. The maximum absolute atomic E-state index is 13.4. The summed E-state index contributed by atoms with van der Waals surface area (Å²) in [5, 5.41) is 3.33. The Kier molecular flexibility index (Phi) is 7.88. The van der Waals surface area contributed by atoms with Crippen LogP contribution < -0.4 is 14.8 Å². The second-order valence-electron chi connectivity index (χ2n) is 9.41. The molecule has 0 saturated carbocycles. The van der Waals surface area contributed by atoms with E-state index in [0.29, 0.717) is 35.6 Å². The molecule has 6 heteroatoms. The van der Waals surface area contributed by atoms with Gasteiger partial charge < -0.3 is 19.5 Å². The van der Waals surface area contributed by atoms with Gasteiger partial charge >= 0.3 is 5.97 Å². The van der Waals surface area contributed by atoms with E-state index in [2.05, 4.69) is 5.32 Å². The highest BCUT2D eigenvalue weighted by molar-refractivity contribution is 6.03. The van der Waals surface area contributed by atoms with E-state index in [1.54, 1.807) is 0 Å². The Morgan fingerprint density at radius 1 is 0.842 bits per heavy atom. The highest BCUT2D eigenvalue weighted by Crippen LogP contribution is 2.42. The highest BCUT2D eigenvalue weighted by Gasteiger charge is 2.39. The van der Waals surface area contributed by atoms with E-state index in [1.165, 1.54) is 0 Å². The number of carbonyl (C=O) groups is 2. The zero-order valence-corrected chi connectivity index (χ0v) is 21.4. The fourth-order valence-electron chi connectivity index (χ4n) is 4.97. The molecule has 1 heterocycles. The van der Waals surface area contributed by atoms with Crippen molar-refractivity contribution in [3.05, 3.63) is 119 Å². The highest BCUT2D eigenvalue weighted by atomic mass is 16.6. The zero-order valence-electron chi connectivity index (χ0n) is 21.4. The third kappa shape index (κ3) is 5.80. The minimum absolute atomic E-state index is 0.0679. The van der Waals surface area contributed by atoms with E-state index >= 15 is 0 Å². The summed E-state index contributed by atoms with van der Waals surface area (Å²) in [4.78, 5) is 26.5. The molecule has 5 rings (SSSR count). The summed E-state index contributed by atoms with van der Waals surface area (Å²) in [5.74, 6) is 0.557. The second kappa shape index (κ2) is 11.8. The van der Waals surface area contributed by atoms with Gasteiger partial charge in [-0.25, -0.2) is 4.79 Å². The van der Waals surface area contributed by atoms with Crippen LogP contribution in [-0.2, 0) is 20.9 Å².